The van der Waals surface area contributed by atoms with Gasteiger partial charge in [-0.25, -0.2) is 4.79 Å². The van der Waals surface area contributed by atoms with Gasteiger partial charge in [0, 0.05) is 23.0 Å². The second-order valence-corrected chi connectivity index (χ2v) is 4.36. The van der Waals surface area contributed by atoms with E-state index >= 15 is 0 Å². The molecule has 8 heteroatoms. The van der Waals surface area contributed by atoms with Crippen molar-refractivity contribution in [2.45, 2.75) is 12.2 Å². The van der Waals surface area contributed by atoms with Gasteiger partial charge >= 0.3 is 12.2 Å². The Morgan fingerprint density at radius 1 is 1.25 bits per heavy atom. The molecule has 2 aromatic rings. The molecule has 1 unspecified atom stereocenters. The number of alkyl halides is 3. The number of amides is 2. The van der Waals surface area contributed by atoms with Gasteiger partial charge in [-0.1, -0.05) is 0 Å². The van der Waals surface area contributed by atoms with Crippen molar-refractivity contribution in [3.63, 3.8) is 0 Å². The number of urea groups is 1. The molecule has 0 saturated heterocycles. The Balaban J connectivity index is 2.11. The topological polar surface area (TPSA) is 69.8 Å². The van der Waals surface area contributed by atoms with Crippen molar-refractivity contribution >= 4 is 11.7 Å². The van der Waals surface area contributed by atoms with E-state index in [4.69, 9.17) is 0 Å². The Bertz CT molecular complexity index is 651. The van der Waals surface area contributed by atoms with Gasteiger partial charge in [-0.05, 0) is 18.2 Å². The number of aromatic amines is 1. The van der Waals surface area contributed by atoms with Crippen LogP contribution in [0.1, 0.15) is 22.7 Å². The van der Waals surface area contributed by atoms with E-state index in [-0.39, 0.29) is 0 Å². The fourth-order valence-corrected chi connectivity index (χ4v) is 2.14. The minimum Gasteiger partial charge on any atom is -0.327 e. The standard InChI is InChI=1S/C12H9F3N4O/c13-12(14,15)7-1-2-9-8(3-7)10(19-11(20)18-9)6-4-16-17-5-6/h1-5,10H,(H,16,17)(H2,18,19,20). The third-order valence-electron chi connectivity index (χ3n) is 3.07. The fraction of sp³-hybridized carbons (Fsp3) is 0.167. The monoisotopic (exact) mass is 282 g/mol. The van der Waals surface area contributed by atoms with Crippen molar-refractivity contribution < 1.29 is 18.0 Å². The fourth-order valence-electron chi connectivity index (χ4n) is 2.14. The number of nitrogens with one attached hydrogen (secondary N) is 3. The molecular formula is C12H9F3N4O. The quantitative estimate of drug-likeness (QED) is 0.752. The Morgan fingerprint density at radius 2 is 2.05 bits per heavy atom. The maximum absolute atomic E-state index is 12.8. The van der Waals surface area contributed by atoms with E-state index in [1.165, 1.54) is 18.5 Å². The number of carbonyl (C=O) groups is 1. The van der Waals surface area contributed by atoms with Crippen LogP contribution in [0.5, 0.6) is 0 Å². The molecule has 0 radical (unpaired) electrons. The number of carbonyl (C=O) groups excluding carboxylic acids is 1. The van der Waals surface area contributed by atoms with Gasteiger partial charge in [0.15, 0.2) is 0 Å². The SMILES string of the molecule is O=C1Nc2ccc(C(F)(F)F)cc2C(c2cn[nH]c2)N1. The molecule has 20 heavy (non-hydrogen) atoms. The van der Waals surface area contributed by atoms with Gasteiger partial charge in [0.25, 0.3) is 0 Å². The van der Waals surface area contributed by atoms with Gasteiger partial charge in [-0.3, -0.25) is 5.10 Å². The van der Waals surface area contributed by atoms with Gasteiger partial charge in [-0.15, -0.1) is 0 Å². The first-order valence-corrected chi connectivity index (χ1v) is 5.72. The van der Waals surface area contributed by atoms with Crippen molar-refractivity contribution in [2.75, 3.05) is 5.32 Å². The second-order valence-electron chi connectivity index (χ2n) is 4.36. The number of aromatic nitrogens is 2. The summed E-state index contributed by atoms with van der Waals surface area (Å²) in [7, 11) is 0. The molecule has 104 valence electrons. The molecule has 2 heterocycles. The van der Waals surface area contributed by atoms with Crippen LogP contribution >= 0.6 is 0 Å². The summed E-state index contributed by atoms with van der Waals surface area (Å²) in [6, 6.07) is 2.09. The highest BCUT2D eigenvalue weighted by molar-refractivity contribution is 5.93. The number of benzene rings is 1. The van der Waals surface area contributed by atoms with Crippen molar-refractivity contribution in [1.82, 2.24) is 15.5 Å². The van der Waals surface area contributed by atoms with Crippen molar-refractivity contribution in [1.29, 1.82) is 0 Å². The van der Waals surface area contributed by atoms with Gasteiger partial charge in [0.2, 0.25) is 0 Å². The molecule has 5 nitrogen and oxygen atoms in total. The Morgan fingerprint density at radius 3 is 2.70 bits per heavy atom. The molecule has 1 aliphatic rings. The average molecular weight is 282 g/mol. The van der Waals surface area contributed by atoms with E-state index in [1.807, 2.05) is 0 Å². The largest absolute Gasteiger partial charge is 0.416 e. The average Bonchev–Trinajstić information content (AvgIpc) is 2.89. The number of fused-ring (bicyclic) bond motifs is 1. The number of nitrogens with zero attached hydrogens (tertiary/aromatic N) is 1. The lowest BCUT2D eigenvalue weighted by molar-refractivity contribution is -0.137. The smallest absolute Gasteiger partial charge is 0.327 e. The predicted molar refractivity (Wildman–Crippen MR) is 64.0 cm³/mol. The summed E-state index contributed by atoms with van der Waals surface area (Å²) < 4.78 is 38.3. The first kappa shape index (κ1) is 12.5. The van der Waals surface area contributed by atoms with Gasteiger partial charge in [0.1, 0.15) is 0 Å². The van der Waals surface area contributed by atoms with Gasteiger partial charge in [0.05, 0.1) is 17.8 Å². The minimum absolute atomic E-state index is 0.348. The summed E-state index contributed by atoms with van der Waals surface area (Å²) >= 11 is 0. The van der Waals surface area contributed by atoms with Crippen LogP contribution in [0.2, 0.25) is 0 Å². The van der Waals surface area contributed by atoms with Crippen LogP contribution in [0.25, 0.3) is 0 Å². The van der Waals surface area contributed by atoms with Crippen LogP contribution in [-0.2, 0) is 6.18 Å². The normalized spacial score (nSPS) is 18.1. The Labute approximate surface area is 111 Å². The van der Waals surface area contributed by atoms with Crippen LogP contribution in [-0.4, -0.2) is 16.2 Å². The minimum atomic E-state index is -4.43. The summed E-state index contributed by atoms with van der Waals surface area (Å²) in [5, 5.41) is 11.4. The van der Waals surface area contributed by atoms with Crippen molar-refractivity contribution in [3.05, 3.63) is 47.3 Å². The predicted octanol–water partition coefficient (Wildman–Crippen LogP) is 2.65. The lowest BCUT2D eigenvalue weighted by atomic mass is 9.96. The zero-order chi connectivity index (χ0) is 14.3. The number of hydrogen-bond acceptors (Lipinski definition) is 2. The molecule has 0 bridgehead atoms. The van der Waals surface area contributed by atoms with Crippen LogP contribution in [0, 0.1) is 0 Å². The molecular weight excluding hydrogens is 273 g/mol. The molecule has 1 aromatic heterocycles. The maximum atomic E-state index is 12.8. The molecule has 3 N–H and O–H groups in total. The first-order chi connectivity index (χ1) is 9.45. The number of anilines is 1. The first-order valence-electron chi connectivity index (χ1n) is 5.72. The third kappa shape index (κ3) is 2.09. The van der Waals surface area contributed by atoms with E-state index < -0.39 is 23.8 Å². The van der Waals surface area contributed by atoms with E-state index in [9.17, 15) is 18.0 Å². The number of H-pyrrole nitrogens is 1. The molecule has 0 saturated carbocycles. The summed E-state index contributed by atoms with van der Waals surface area (Å²) in [6.45, 7) is 0. The molecule has 1 atom stereocenters. The van der Waals surface area contributed by atoms with E-state index in [2.05, 4.69) is 20.8 Å². The molecule has 0 fully saturated rings. The highest BCUT2D eigenvalue weighted by Crippen LogP contribution is 2.37. The molecule has 0 spiro atoms. The van der Waals surface area contributed by atoms with Crippen molar-refractivity contribution in [2.24, 2.45) is 0 Å². The molecule has 1 aromatic carbocycles. The third-order valence-corrected chi connectivity index (χ3v) is 3.07. The molecule has 2 amide bonds. The Kier molecular flexibility index (Phi) is 2.66. The van der Waals surface area contributed by atoms with Crippen molar-refractivity contribution in [3.8, 4) is 0 Å². The van der Waals surface area contributed by atoms with Gasteiger partial charge < -0.3 is 10.6 Å². The zero-order valence-electron chi connectivity index (χ0n) is 9.95. The number of halogens is 3. The van der Waals surface area contributed by atoms with Crippen LogP contribution in [0.4, 0.5) is 23.7 Å². The summed E-state index contributed by atoms with van der Waals surface area (Å²) in [4.78, 5) is 11.5. The van der Waals surface area contributed by atoms with Gasteiger partial charge in [-0.2, -0.15) is 18.3 Å². The van der Waals surface area contributed by atoms with Crippen LogP contribution in [0.15, 0.2) is 30.6 Å². The Hall–Kier alpha value is -2.51. The summed E-state index contributed by atoms with van der Waals surface area (Å²) in [5.41, 5.74) is 0.525. The maximum Gasteiger partial charge on any atom is 0.416 e. The number of hydrogen-bond donors (Lipinski definition) is 3. The van der Waals surface area contributed by atoms with Crippen LogP contribution < -0.4 is 10.6 Å². The van der Waals surface area contributed by atoms with Crippen LogP contribution in [0.3, 0.4) is 0 Å². The second kappa shape index (κ2) is 4.26. The van der Waals surface area contributed by atoms with E-state index in [1.54, 1.807) is 0 Å². The van der Waals surface area contributed by atoms with E-state index in [0.29, 0.717) is 16.8 Å². The van der Waals surface area contributed by atoms with E-state index in [0.717, 1.165) is 12.1 Å². The zero-order valence-corrected chi connectivity index (χ0v) is 9.95. The summed E-state index contributed by atoms with van der Waals surface area (Å²) in [6.07, 6.45) is -1.45. The number of rotatable bonds is 1. The molecule has 1 aliphatic heterocycles. The summed E-state index contributed by atoms with van der Waals surface area (Å²) in [5.74, 6) is 0. The lowest BCUT2D eigenvalue weighted by Crippen LogP contribution is -2.38. The highest BCUT2D eigenvalue weighted by atomic mass is 19.4. The lowest BCUT2D eigenvalue weighted by Gasteiger charge is -2.27. The molecule has 0 aliphatic carbocycles. The highest BCUT2D eigenvalue weighted by Gasteiger charge is 2.34. The molecule has 3 rings (SSSR count).